The molecule has 0 aliphatic heterocycles. The molecule has 0 saturated carbocycles. The summed E-state index contributed by atoms with van der Waals surface area (Å²) in [5, 5.41) is 10.8. The minimum Gasteiger partial charge on any atom is -0.382 e. The molecule has 0 aromatic heterocycles. The maximum absolute atomic E-state index is 10.8. The van der Waals surface area contributed by atoms with Crippen LogP contribution >= 0.6 is 0 Å². The number of nitro benzene ring substituents is 1. The Morgan fingerprint density at radius 1 is 1.07 bits per heavy atom. The summed E-state index contributed by atoms with van der Waals surface area (Å²) >= 11 is 0. The molecule has 7 heteroatoms. The van der Waals surface area contributed by atoms with Gasteiger partial charge in [-0.2, -0.15) is 0 Å². The maximum atomic E-state index is 10.8. The number of methoxy groups -OCH3 is 1. The summed E-state index contributed by atoms with van der Waals surface area (Å²) in [6, 6.07) is 15.9. The molecule has 0 saturated heterocycles. The minimum atomic E-state index is -0.428. The Hall–Kier alpha value is -2.58. The molecule has 0 aliphatic rings. The fraction of sp³-hybridized carbons (Fsp3) is 0.333. The molecule has 2 atom stereocenters. The number of nitro groups is 1. The number of hydrogen-bond acceptors (Lipinski definition) is 6. The molecule has 0 spiro atoms. The van der Waals surface area contributed by atoms with E-state index in [1.165, 1.54) is 12.1 Å². The summed E-state index contributed by atoms with van der Waals surface area (Å²) in [7, 11) is 1.61. The highest BCUT2D eigenvalue weighted by Crippen LogP contribution is 2.26. The van der Waals surface area contributed by atoms with Gasteiger partial charge in [0.25, 0.3) is 5.69 Å². The lowest BCUT2D eigenvalue weighted by molar-refractivity contribution is -0.384. The second kappa shape index (κ2) is 12.0. The molecular formula is C21H25NO6. The second-order valence-corrected chi connectivity index (χ2v) is 5.95. The Balaban J connectivity index is 2.04. The van der Waals surface area contributed by atoms with Crippen molar-refractivity contribution in [2.75, 3.05) is 27.1 Å². The lowest BCUT2D eigenvalue weighted by Crippen LogP contribution is -2.24. The zero-order chi connectivity index (χ0) is 20.2. The number of non-ortho nitro benzene ring substituents is 1. The Morgan fingerprint density at radius 3 is 2.39 bits per heavy atom. The standard InChI is InChI=1S/C21H25NO6/c1-3-20(28-16-26-14-13-25-2)21(18-7-5-4-6-8-18)27-15-17-9-11-19(12-10-17)22(23)24/h3-12,20-21H,1,13-16H2,2H3/t20-,21+/m0/s1. The molecule has 2 aromatic rings. The van der Waals surface area contributed by atoms with Gasteiger partial charge in [0.15, 0.2) is 0 Å². The largest absolute Gasteiger partial charge is 0.382 e. The van der Waals surface area contributed by atoms with E-state index in [4.69, 9.17) is 18.9 Å². The number of rotatable bonds is 13. The van der Waals surface area contributed by atoms with Crippen molar-refractivity contribution in [3.63, 3.8) is 0 Å². The fourth-order valence-electron chi connectivity index (χ4n) is 2.53. The quantitative estimate of drug-likeness (QED) is 0.170. The minimum absolute atomic E-state index is 0.0452. The van der Waals surface area contributed by atoms with Crippen molar-refractivity contribution in [1.82, 2.24) is 0 Å². The summed E-state index contributed by atoms with van der Waals surface area (Å²) in [6.45, 7) is 5.13. The van der Waals surface area contributed by atoms with Crippen LogP contribution in [0.1, 0.15) is 17.2 Å². The van der Waals surface area contributed by atoms with Crippen molar-refractivity contribution in [3.05, 3.63) is 88.5 Å². The van der Waals surface area contributed by atoms with E-state index in [1.807, 2.05) is 30.3 Å². The van der Waals surface area contributed by atoms with Crippen molar-refractivity contribution in [3.8, 4) is 0 Å². The lowest BCUT2D eigenvalue weighted by Gasteiger charge is -2.25. The summed E-state index contributed by atoms with van der Waals surface area (Å²) < 4.78 is 22.2. The van der Waals surface area contributed by atoms with Gasteiger partial charge in [-0.3, -0.25) is 10.1 Å². The lowest BCUT2D eigenvalue weighted by atomic mass is 10.0. The van der Waals surface area contributed by atoms with Gasteiger partial charge in [-0.15, -0.1) is 6.58 Å². The van der Waals surface area contributed by atoms with Crippen molar-refractivity contribution < 1.29 is 23.9 Å². The normalized spacial score (nSPS) is 13.0. The molecule has 150 valence electrons. The second-order valence-electron chi connectivity index (χ2n) is 5.95. The molecule has 0 N–H and O–H groups in total. The van der Waals surface area contributed by atoms with Crippen LogP contribution in [0.15, 0.2) is 67.3 Å². The van der Waals surface area contributed by atoms with Crippen molar-refractivity contribution in [1.29, 1.82) is 0 Å². The van der Waals surface area contributed by atoms with E-state index in [0.29, 0.717) is 13.2 Å². The Bertz CT molecular complexity index is 719. The van der Waals surface area contributed by atoms with Gasteiger partial charge >= 0.3 is 0 Å². The topological polar surface area (TPSA) is 80.1 Å². The van der Waals surface area contributed by atoms with Crippen LogP contribution < -0.4 is 0 Å². The monoisotopic (exact) mass is 387 g/mol. The zero-order valence-electron chi connectivity index (χ0n) is 15.9. The molecule has 0 bridgehead atoms. The van der Waals surface area contributed by atoms with Gasteiger partial charge in [-0.25, -0.2) is 0 Å². The van der Waals surface area contributed by atoms with Gasteiger partial charge in [-0.05, 0) is 23.3 Å². The van der Waals surface area contributed by atoms with Crippen LogP contribution in [-0.4, -0.2) is 38.1 Å². The molecule has 0 heterocycles. The molecule has 0 amide bonds. The van der Waals surface area contributed by atoms with Gasteiger partial charge in [0.1, 0.15) is 19.0 Å². The van der Waals surface area contributed by atoms with E-state index in [-0.39, 0.29) is 19.1 Å². The molecule has 2 aromatic carbocycles. The molecule has 0 unspecified atom stereocenters. The van der Waals surface area contributed by atoms with Crippen LogP contribution in [0, 0.1) is 10.1 Å². The third-order valence-corrected chi connectivity index (χ3v) is 4.01. The third kappa shape index (κ3) is 6.86. The number of nitrogens with zero attached hydrogens (tertiary/aromatic N) is 1. The summed E-state index contributed by atoms with van der Waals surface area (Å²) in [4.78, 5) is 10.4. The summed E-state index contributed by atoms with van der Waals surface area (Å²) in [5.74, 6) is 0. The van der Waals surface area contributed by atoms with E-state index in [0.717, 1.165) is 11.1 Å². The van der Waals surface area contributed by atoms with Crippen LogP contribution in [0.2, 0.25) is 0 Å². The number of benzene rings is 2. The molecule has 28 heavy (non-hydrogen) atoms. The first-order valence-electron chi connectivity index (χ1n) is 8.86. The average Bonchev–Trinajstić information content (AvgIpc) is 2.73. The average molecular weight is 387 g/mol. The van der Waals surface area contributed by atoms with Crippen LogP contribution in [-0.2, 0) is 25.6 Å². The molecule has 2 rings (SSSR count). The zero-order valence-corrected chi connectivity index (χ0v) is 15.9. The first-order chi connectivity index (χ1) is 13.7. The van der Waals surface area contributed by atoms with E-state index < -0.39 is 17.1 Å². The first-order valence-corrected chi connectivity index (χ1v) is 8.86. The van der Waals surface area contributed by atoms with Gasteiger partial charge in [0.05, 0.1) is 24.7 Å². The van der Waals surface area contributed by atoms with Crippen molar-refractivity contribution in [2.24, 2.45) is 0 Å². The van der Waals surface area contributed by atoms with Gasteiger partial charge < -0.3 is 18.9 Å². The molecule has 7 nitrogen and oxygen atoms in total. The van der Waals surface area contributed by atoms with Crippen LogP contribution in [0.3, 0.4) is 0 Å². The Morgan fingerprint density at radius 2 is 1.79 bits per heavy atom. The van der Waals surface area contributed by atoms with Crippen molar-refractivity contribution >= 4 is 5.69 Å². The predicted molar refractivity (Wildman–Crippen MR) is 105 cm³/mol. The predicted octanol–water partition coefficient (Wildman–Crippen LogP) is 4.04. The summed E-state index contributed by atoms with van der Waals surface area (Å²) in [5.41, 5.74) is 1.81. The van der Waals surface area contributed by atoms with E-state index in [2.05, 4.69) is 6.58 Å². The SMILES string of the molecule is C=C[C@H](OCOCCOC)[C@H](OCc1ccc([N+](=O)[O-])cc1)c1ccccc1. The third-order valence-electron chi connectivity index (χ3n) is 4.01. The molecule has 0 aliphatic carbocycles. The van der Waals surface area contributed by atoms with Gasteiger partial charge in [0, 0.05) is 19.2 Å². The molecular weight excluding hydrogens is 362 g/mol. The Kier molecular flexibility index (Phi) is 9.30. The maximum Gasteiger partial charge on any atom is 0.269 e. The van der Waals surface area contributed by atoms with Gasteiger partial charge in [0.2, 0.25) is 0 Å². The van der Waals surface area contributed by atoms with Crippen molar-refractivity contribution in [2.45, 2.75) is 18.8 Å². The number of ether oxygens (including phenoxy) is 4. The van der Waals surface area contributed by atoms with E-state index in [1.54, 1.807) is 25.3 Å². The van der Waals surface area contributed by atoms with Crippen LogP contribution in [0.5, 0.6) is 0 Å². The highest BCUT2D eigenvalue weighted by Gasteiger charge is 2.22. The van der Waals surface area contributed by atoms with Gasteiger partial charge in [-0.1, -0.05) is 36.4 Å². The fourth-order valence-corrected chi connectivity index (χ4v) is 2.53. The van der Waals surface area contributed by atoms with E-state index >= 15 is 0 Å². The van der Waals surface area contributed by atoms with Crippen LogP contribution in [0.4, 0.5) is 5.69 Å². The number of hydrogen-bond donors (Lipinski definition) is 0. The highest BCUT2D eigenvalue weighted by molar-refractivity contribution is 5.32. The Labute approximate surface area is 164 Å². The molecule has 0 fully saturated rings. The van der Waals surface area contributed by atoms with E-state index in [9.17, 15) is 10.1 Å². The smallest absolute Gasteiger partial charge is 0.269 e. The first kappa shape index (κ1) is 21.7. The highest BCUT2D eigenvalue weighted by atomic mass is 16.7. The van der Waals surface area contributed by atoms with Crippen LogP contribution in [0.25, 0.3) is 0 Å². The summed E-state index contributed by atoms with van der Waals surface area (Å²) in [6.07, 6.45) is 0.843. The molecule has 0 radical (unpaired) electrons.